The lowest BCUT2D eigenvalue weighted by Crippen LogP contribution is -2.37. The molecule has 1 N–H and O–H groups in total. The molecule has 0 amide bonds. The zero-order valence-corrected chi connectivity index (χ0v) is 37.0. The highest BCUT2D eigenvalue weighted by Crippen LogP contribution is 2.50. The predicted octanol–water partition coefficient (Wildman–Crippen LogP) is 13.0. The van der Waals surface area contributed by atoms with Crippen molar-refractivity contribution in [2.45, 2.75) is 77.6 Å². The van der Waals surface area contributed by atoms with Crippen molar-refractivity contribution in [2.75, 3.05) is 5.32 Å². The van der Waals surface area contributed by atoms with Crippen LogP contribution >= 0.6 is 0 Å². The fourth-order valence-electron chi connectivity index (χ4n) is 10.9. The molecule has 2 aliphatic rings. The number of imidazole rings is 1. The summed E-state index contributed by atoms with van der Waals surface area (Å²) in [5.74, 6) is 0.973. The SMILES string of the molecule is Cn1c(-c2ccccc2)nc2cc3c(cc21)-n1c2cc4c(cc2c2ccc(-c5cc6c(cc5Nc5ccc(C(C)(C)C)cc5)C(C)(C)CCC6(C)C)c(c21)B3)oc1ccccc14. The Hall–Kier alpha value is -6.53. The minimum absolute atomic E-state index is 0.0488. The second-order valence-corrected chi connectivity index (χ2v) is 20.5. The second-order valence-electron chi connectivity index (χ2n) is 20.5. The average molecular weight is 807 g/mol. The Balaban J connectivity index is 1.15. The molecule has 304 valence electrons. The Bertz CT molecular complexity index is 3500. The fraction of sp³-hybridized carbons (Fsp3) is 0.232. The van der Waals surface area contributed by atoms with Crippen LogP contribution in [0.2, 0.25) is 0 Å². The molecule has 5 nitrogen and oxygen atoms in total. The lowest BCUT2D eigenvalue weighted by atomic mass is 9.58. The zero-order chi connectivity index (χ0) is 42.4. The molecule has 0 atom stereocenters. The summed E-state index contributed by atoms with van der Waals surface area (Å²) in [6.07, 6.45) is 2.31. The van der Waals surface area contributed by atoms with Crippen molar-refractivity contribution in [3.63, 3.8) is 0 Å². The molecule has 1 aliphatic heterocycles. The number of para-hydroxylation sites is 1. The van der Waals surface area contributed by atoms with E-state index in [2.05, 4.69) is 197 Å². The molecule has 0 saturated heterocycles. The summed E-state index contributed by atoms with van der Waals surface area (Å²) >= 11 is 0. The number of nitrogens with zero attached hydrogens (tertiary/aromatic N) is 3. The maximum Gasteiger partial charge on any atom is 0.198 e. The van der Waals surface area contributed by atoms with Crippen molar-refractivity contribution in [3.05, 3.63) is 144 Å². The van der Waals surface area contributed by atoms with Gasteiger partial charge in [-0.2, -0.15) is 0 Å². The Kier molecular flexibility index (Phi) is 7.67. The van der Waals surface area contributed by atoms with Gasteiger partial charge in [-0.05, 0) is 111 Å². The van der Waals surface area contributed by atoms with E-state index < -0.39 is 0 Å². The normalized spacial score (nSPS) is 15.4. The largest absolute Gasteiger partial charge is 0.456 e. The number of hydrogen-bond acceptors (Lipinski definition) is 3. The summed E-state index contributed by atoms with van der Waals surface area (Å²) in [4.78, 5) is 5.29. The highest BCUT2D eigenvalue weighted by molar-refractivity contribution is 6.73. The molecule has 0 fully saturated rings. The van der Waals surface area contributed by atoms with Gasteiger partial charge in [0.15, 0.2) is 7.28 Å². The van der Waals surface area contributed by atoms with E-state index >= 15 is 0 Å². The predicted molar refractivity (Wildman–Crippen MR) is 263 cm³/mol. The van der Waals surface area contributed by atoms with Gasteiger partial charge in [0.2, 0.25) is 0 Å². The minimum Gasteiger partial charge on any atom is -0.456 e. The number of hydrogen-bond donors (Lipinski definition) is 1. The van der Waals surface area contributed by atoms with Crippen molar-refractivity contribution >= 4 is 84.4 Å². The van der Waals surface area contributed by atoms with Crippen LogP contribution in [0.1, 0.15) is 78.0 Å². The number of benzene rings is 7. The summed E-state index contributed by atoms with van der Waals surface area (Å²) in [5.41, 5.74) is 20.6. The van der Waals surface area contributed by atoms with Crippen LogP contribution in [0.5, 0.6) is 0 Å². The molecule has 0 saturated carbocycles. The number of nitrogens with one attached hydrogen (secondary N) is 1. The molecule has 3 aromatic heterocycles. The van der Waals surface area contributed by atoms with E-state index in [0.717, 1.165) is 75.9 Å². The van der Waals surface area contributed by atoms with E-state index in [1.165, 1.54) is 66.2 Å². The fourth-order valence-corrected chi connectivity index (χ4v) is 10.9. The number of aromatic nitrogens is 3. The maximum absolute atomic E-state index is 6.54. The van der Waals surface area contributed by atoms with Crippen LogP contribution < -0.4 is 16.2 Å². The van der Waals surface area contributed by atoms with E-state index in [-0.39, 0.29) is 16.2 Å². The van der Waals surface area contributed by atoms with Crippen LogP contribution in [0.4, 0.5) is 11.4 Å². The lowest BCUT2D eigenvalue weighted by molar-refractivity contribution is 0.332. The van der Waals surface area contributed by atoms with Gasteiger partial charge in [0, 0.05) is 62.3 Å². The van der Waals surface area contributed by atoms with Gasteiger partial charge in [-0.3, -0.25) is 0 Å². The molecule has 62 heavy (non-hydrogen) atoms. The lowest BCUT2D eigenvalue weighted by Gasteiger charge is -2.42. The number of anilines is 2. The number of fused-ring (bicyclic) bond motifs is 10. The summed E-state index contributed by atoms with van der Waals surface area (Å²) in [7, 11) is 2.93. The number of rotatable bonds is 4. The van der Waals surface area contributed by atoms with Crippen molar-refractivity contribution in [2.24, 2.45) is 7.05 Å². The van der Waals surface area contributed by atoms with E-state index in [1.807, 2.05) is 0 Å². The standard InChI is InChI=1S/C56H51BN4O/c1-54(2,3)33-18-20-34(21-19-33)58-44-29-42-41(55(4,5)24-25-56(42,6)7)26-38(44)36-22-23-37-39-28-50-40(35-16-12-13-17-49(35)62-50)27-46(39)61-47-31-48-45(30-43(47)57-51(36)52(37)61)59-53(60(48)8)32-14-10-9-11-15-32/h9-23,26-31,57-58H,24-25H2,1-8H3. The van der Waals surface area contributed by atoms with Gasteiger partial charge < -0.3 is 18.9 Å². The third kappa shape index (κ3) is 5.44. The molecule has 12 rings (SSSR count). The van der Waals surface area contributed by atoms with E-state index in [4.69, 9.17) is 9.40 Å². The Morgan fingerprint density at radius 3 is 2.15 bits per heavy atom. The third-order valence-corrected chi connectivity index (χ3v) is 14.6. The zero-order valence-electron chi connectivity index (χ0n) is 37.0. The van der Waals surface area contributed by atoms with Crippen LogP contribution in [0.15, 0.2) is 132 Å². The van der Waals surface area contributed by atoms with Crippen molar-refractivity contribution in [1.82, 2.24) is 14.1 Å². The summed E-state index contributed by atoms with van der Waals surface area (Å²) in [5, 5.41) is 8.72. The first-order valence-corrected chi connectivity index (χ1v) is 22.3. The molecule has 4 heterocycles. The van der Waals surface area contributed by atoms with Crippen molar-refractivity contribution < 1.29 is 4.42 Å². The van der Waals surface area contributed by atoms with Gasteiger partial charge in [0.1, 0.15) is 17.0 Å². The van der Waals surface area contributed by atoms with Gasteiger partial charge in [0.05, 0.1) is 16.6 Å². The first kappa shape index (κ1) is 37.3. The smallest absolute Gasteiger partial charge is 0.198 e. The topological polar surface area (TPSA) is 47.9 Å². The van der Waals surface area contributed by atoms with Crippen LogP contribution in [-0.2, 0) is 23.3 Å². The van der Waals surface area contributed by atoms with Crippen LogP contribution in [-0.4, -0.2) is 21.4 Å². The number of aryl methyl sites for hydroxylation is 1. The van der Waals surface area contributed by atoms with Gasteiger partial charge in [0.25, 0.3) is 0 Å². The van der Waals surface area contributed by atoms with Crippen molar-refractivity contribution in [3.8, 4) is 28.2 Å². The van der Waals surface area contributed by atoms with Crippen LogP contribution in [0.3, 0.4) is 0 Å². The molecule has 0 spiro atoms. The monoisotopic (exact) mass is 806 g/mol. The minimum atomic E-state index is 0.0488. The number of furan rings is 1. The molecule has 7 aromatic carbocycles. The Morgan fingerprint density at radius 1 is 0.661 bits per heavy atom. The molecular weight excluding hydrogens is 755 g/mol. The second kappa shape index (κ2) is 12.8. The van der Waals surface area contributed by atoms with Gasteiger partial charge >= 0.3 is 0 Å². The molecule has 0 unspecified atom stereocenters. The van der Waals surface area contributed by atoms with Crippen LogP contribution in [0.25, 0.3) is 83.0 Å². The van der Waals surface area contributed by atoms with Gasteiger partial charge in [-0.25, -0.2) is 4.98 Å². The van der Waals surface area contributed by atoms with Crippen LogP contribution in [0, 0.1) is 0 Å². The Morgan fingerprint density at radius 2 is 1.39 bits per heavy atom. The molecular formula is C56H51BN4O. The first-order chi connectivity index (χ1) is 29.7. The quantitative estimate of drug-likeness (QED) is 0.180. The van der Waals surface area contributed by atoms with Crippen molar-refractivity contribution in [1.29, 1.82) is 0 Å². The first-order valence-electron chi connectivity index (χ1n) is 22.3. The molecule has 1 aliphatic carbocycles. The average Bonchev–Trinajstić information content (AvgIpc) is 3.90. The Labute approximate surface area is 363 Å². The molecule has 10 aromatic rings. The molecule has 6 heteroatoms. The van der Waals surface area contributed by atoms with E-state index in [1.54, 1.807) is 0 Å². The molecule has 0 bridgehead atoms. The van der Waals surface area contributed by atoms with Gasteiger partial charge in [-0.1, -0.05) is 127 Å². The summed E-state index contributed by atoms with van der Waals surface area (Å²) < 4.78 is 11.3. The third-order valence-electron chi connectivity index (χ3n) is 14.6. The highest BCUT2D eigenvalue weighted by atomic mass is 16.3. The van der Waals surface area contributed by atoms with E-state index in [9.17, 15) is 0 Å². The summed E-state index contributed by atoms with van der Waals surface area (Å²) in [6.45, 7) is 16.6. The summed E-state index contributed by atoms with van der Waals surface area (Å²) in [6, 6.07) is 47.2. The molecule has 0 radical (unpaired) electrons. The highest BCUT2D eigenvalue weighted by Gasteiger charge is 2.38. The van der Waals surface area contributed by atoms with E-state index in [0.29, 0.717) is 0 Å². The maximum atomic E-state index is 6.54. The van der Waals surface area contributed by atoms with Gasteiger partial charge in [-0.15, -0.1) is 0 Å².